The highest BCUT2D eigenvalue weighted by Crippen LogP contribution is 2.36. The van der Waals surface area contributed by atoms with Gasteiger partial charge in [-0.15, -0.1) is 0 Å². The Morgan fingerprint density at radius 2 is 1.85 bits per heavy atom. The van der Waals surface area contributed by atoms with E-state index in [1.807, 2.05) is 26.0 Å². The molecule has 3 rings (SSSR count). The van der Waals surface area contributed by atoms with E-state index in [2.05, 4.69) is 23.5 Å². The normalized spacial score (nSPS) is 15.9. The van der Waals surface area contributed by atoms with Crippen LogP contribution in [0.3, 0.4) is 0 Å². The van der Waals surface area contributed by atoms with Crippen LogP contribution < -0.4 is 14.8 Å². The number of methoxy groups -OCH3 is 1. The number of carbonyl (C=O) groups is 1. The summed E-state index contributed by atoms with van der Waals surface area (Å²) >= 11 is 0. The van der Waals surface area contributed by atoms with Gasteiger partial charge in [-0.25, -0.2) is 4.79 Å². The van der Waals surface area contributed by atoms with Gasteiger partial charge in [0.2, 0.25) is 0 Å². The molecule has 0 bridgehead atoms. The van der Waals surface area contributed by atoms with Gasteiger partial charge in [-0.3, -0.25) is 0 Å². The fourth-order valence-corrected chi connectivity index (χ4v) is 3.49. The van der Waals surface area contributed by atoms with Crippen molar-refractivity contribution in [1.82, 2.24) is 0 Å². The molecule has 1 aliphatic rings. The second kappa shape index (κ2) is 8.23. The van der Waals surface area contributed by atoms with Gasteiger partial charge in [0.15, 0.2) is 11.5 Å². The fraction of sp³-hybridized carbons (Fsp3) is 0.381. The Bertz CT molecular complexity index is 788. The number of hydrogen-bond donors (Lipinski definition) is 1. The highest BCUT2D eigenvalue weighted by molar-refractivity contribution is 5.89. The van der Waals surface area contributed by atoms with Crippen LogP contribution in [-0.4, -0.2) is 32.8 Å². The predicted octanol–water partition coefficient (Wildman–Crippen LogP) is 2.48. The molecule has 0 saturated carbocycles. The van der Waals surface area contributed by atoms with Crippen LogP contribution in [0.1, 0.15) is 46.9 Å². The van der Waals surface area contributed by atoms with E-state index in [0.29, 0.717) is 18.8 Å². The number of benzene rings is 2. The monoisotopic (exact) mass is 356 g/mol. The Balaban J connectivity index is 2.03. The van der Waals surface area contributed by atoms with Crippen molar-refractivity contribution in [2.24, 2.45) is 0 Å². The molecule has 1 aliphatic heterocycles. The number of rotatable bonds is 6. The molecule has 5 nitrogen and oxygen atoms in total. The van der Waals surface area contributed by atoms with Crippen LogP contribution in [0.2, 0.25) is 0 Å². The highest BCUT2D eigenvalue weighted by atomic mass is 16.5. The summed E-state index contributed by atoms with van der Waals surface area (Å²) in [5.41, 5.74) is 4.14. The third-order valence-corrected chi connectivity index (χ3v) is 4.62. The van der Waals surface area contributed by atoms with Crippen LogP contribution in [0.25, 0.3) is 0 Å². The molecular weight excluding hydrogens is 330 g/mol. The van der Waals surface area contributed by atoms with Crippen LogP contribution in [0.4, 0.5) is 0 Å². The van der Waals surface area contributed by atoms with Crippen molar-refractivity contribution >= 4 is 5.97 Å². The van der Waals surface area contributed by atoms with Crippen LogP contribution >= 0.6 is 0 Å². The minimum Gasteiger partial charge on any atom is -0.490 e. The lowest BCUT2D eigenvalue weighted by Crippen LogP contribution is -2.87. The largest absolute Gasteiger partial charge is 0.490 e. The number of esters is 1. The Hall–Kier alpha value is -2.53. The third kappa shape index (κ3) is 3.68. The van der Waals surface area contributed by atoms with Crippen LogP contribution in [0, 0.1) is 0 Å². The van der Waals surface area contributed by atoms with Gasteiger partial charge in [0.25, 0.3) is 0 Å². The molecule has 138 valence electrons. The van der Waals surface area contributed by atoms with Crippen molar-refractivity contribution in [3.05, 3.63) is 58.7 Å². The molecule has 1 heterocycles. The summed E-state index contributed by atoms with van der Waals surface area (Å²) < 4.78 is 16.4. The van der Waals surface area contributed by atoms with E-state index in [9.17, 15) is 4.79 Å². The van der Waals surface area contributed by atoms with Crippen molar-refractivity contribution in [1.29, 1.82) is 0 Å². The van der Waals surface area contributed by atoms with Gasteiger partial charge in [-0.05, 0) is 43.7 Å². The summed E-state index contributed by atoms with van der Waals surface area (Å²) in [5, 5.41) is 2.30. The molecule has 0 fully saturated rings. The Morgan fingerprint density at radius 1 is 1.12 bits per heavy atom. The van der Waals surface area contributed by atoms with Gasteiger partial charge in [0.1, 0.15) is 6.04 Å². The molecule has 0 amide bonds. The lowest BCUT2D eigenvalue weighted by molar-refractivity contribution is -0.690. The SMILES string of the molecule is CCOc1cc2c(cc1OCC)[C@@H](c1cccc(C(=O)OC)c1)[NH2+]CC2. The molecule has 1 atom stereocenters. The van der Waals surface area contributed by atoms with E-state index in [1.165, 1.54) is 18.2 Å². The Morgan fingerprint density at radius 3 is 2.54 bits per heavy atom. The van der Waals surface area contributed by atoms with E-state index in [1.54, 1.807) is 6.07 Å². The van der Waals surface area contributed by atoms with Gasteiger partial charge >= 0.3 is 5.97 Å². The number of quaternary nitrogens is 1. The van der Waals surface area contributed by atoms with Crippen molar-refractivity contribution < 1.29 is 24.3 Å². The lowest BCUT2D eigenvalue weighted by atomic mass is 9.89. The van der Waals surface area contributed by atoms with Gasteiger partial charge in [-0.1, -0.05) is 12.1 Å². The minimum absolute atomic E-state index is 0.123. The van der Waals surface area contributed by atoms with Gasteiger partial charge in [0.05, 0.1) is 32.4 Å². The van der Waals surface area contributed by atoms with E-state index in [4.69, 9.17) is 14.2 Å². The van der Waals surface area contributed by atoms with E-state index in [0.717, 1.165) is 30.0 Å². The molecule has 5 heteroatoms. The van der Waals surface area contributed by atoms with Crippen molar-refractivity contribution in [3.8, 4) is 11.5 Å². The molecule has 2 aromatic carbocycles. The Kier molecular flexibility index (Phi) is 5.78. The Labute approximate surface area is 154 Å². The summed E-state index contributed by atoms with van der Waals surface area (Å²) in [6, 6.07) is 12.0. The number of nitrogens with two attached hydrogens (primary N) is 1. The zero-order valence-corrected chi connectivity index (χ0v) is 15.6. The van der Waals surface area contributed by atoms with Crippen LogP contribution in [-0.2, 0) is 11.2 Å². The minimum atomic E-state index is -0.315. The average Bonchev–Trinajstić information content (AvgIpc) is 2.68. The molecule has 0 unspecified atom stereocenters. The number of hydrogen-bond acceptors (Lipinski definition) is 4. The number of carbonyl (C=O) groups excluding carboxylic acids is 1. The van der Waals surface area contributed by atoms with Gasteiger partial charge in [-0.2, -0.15) is 0 Å². The second-order valence-corrected chi connectivity index (χ2v) is 6.23. The summed E-state index contributed by atoms with van der Waals surface area (Å²) in [6.45, 7) is 6.13. The molecule has 0 radical (unpaired) electrons. The first-order chi connectivity index (χ1) is 12.7. The maximum Gasteiger partial charge on any atom is 0.337 e. The standard InChI is InChI=1S/C21H25NO4/c1-4-25-18-12-14-9-10-22-20(17(14)13-19(18)26-5-2)15-7-6-8-16(11-15)21(23)24-3/h6-8,11-13,20,22H,4-5,9-10H2,1-3H3/p+1/t20-/m1/s1. The lowest BCUT2D eigenvalue weighted by Gasteiger charge is -2.26. The zero-order chi connectivity index (χ0) is 18.5. The quantitative estimate of drug-likeness (QED) is 0.808. The van der Waals surface area contributed by atoms with Crippen molar-refractivity contribution in [2.75, 3.05) is 26.9 Å². The average molecular weight is 356 g/mol. The summed E-state index contributed by atoms with van der Waals surface area (Å²) in [6.07, 6.45) is 0.981. The molecule has 0 saturated heterocycles. The molecule has 0 aromatic heterocycles. The smallest absolute Gasteiger partial charge is 0.337 e. The molecule has 0 aliphatic carbocycles. The number of fused-ring (bicyclic) bond motifs is 1. The molecule has 26 heavy (non-hydrogen) atoms. The van der Waals surface area contributed by atoms with Crippen LogP contribution in [0.15, 0.2) is 36.4 Å². The first-order valence-corrected chi connectivity index (χ1v) is 9.11. The molecule has 2 aromatic rings. The number of ether oxygens (including phenoxy) is 3. The topological polar surface area (TPSA) is 61.4 Å². The van der Waals surface area contributed by atoms with E-state index in [-0.39, 0.29) is 12.0 Å². The second-order valence-electron chi connectivity index (χ2n) is 6.23. The van der Waals surface area contributed by atoms with Gasteiger partial charge in [0, 0.05) is 17.5 Å². The first-order valence-electron chi connectivity index (χ1n) is 9.11. The first kappa shape index (κ1) is 18.3. The maximum atomic E-state index is 11.9. The van der Waals surface area contributed by atoms with E-state index >= 15 is 0 Å². The van der Waals surface area contributed by atoms with E-state index < -0.39 is 0 Å². The maximum absolute atomic E-state index is 11.9. The molecule has 0 spiro atoms. The highest BCUT2D eigenvalue weighted by Gasteiger charge is 2.28. The van der Waals surface area contributed by atoms with Crippen molar-refractivity contribution in [3.63, 3.8) is 0 Å². The molecule has 2 N–H and O–H groups in total. The zero-order valence-electron chi connectivity index (χ0n) is 15.6. The fourth-order valence-electron chi connectivity index (χ4n) is 3.49. The van der Waals surface area contributed by atoms with Gasteiger partial charge < -0.3 is 19.5 Å². The summed E-state index contributed by atoms with van der Waals surface area (Å²) in [5.74, 6) is 1.26. The predicted molar refractivity (Wildman–Crippen MR) is 98.9 cm³/mol. The van der Waals surface area contributed by atoms with Crippen molar-refractivity contribution in [2.45, 2.75) is 26.3 Å². The third-order valence-electron chi connectivity index (χ3n) is 4.62. The van der Waals surface area contributed by atoms with Crippen LogP contribution in [0.5, 0.6) is 11.5 Å². The molecular formula is C21H26NO4+. The summed E-state index contributed by atoms with van der Waals surface area (Å²) in [7, 11) is 1.40. The summed E-state index contributed by atoms with van der Waals surface area (Å²) in [4.78, 5) is 11.9.